The van der Waals surface area contributed by atoms with E-state index in [0.717, 1.165) is 29.9 Å². The Balaban J connectivity index is 1.91. The van der Waals surface area contributed by atoms with E-state index in [9.17, 15) is 4.79 Å². The van der Waals surface area contributed by atoms with Crippen molar-refractivity contribution in [3.8, 4) is 5.75 Å². The summed E-state index contributed by atoms with van der Waals surface area (Å²) in [4.78, 5) is 14.8. The smallest absolute Gasteiger partial charge is 0.263 e. The molecule has 0 spiro atoms. The Labute approximate surface area is 123 Å². The summed E-state index contributed by atoms with van der Waals surface area (Å²) in [5, 5.41) is 3.65. The summed E-state index contributed by atoms with van der Waals surface area (Å²) in [5.74, 6) is 2.11. The van der Waals surface area contributed by atoms with Crippen molar-refractivity contribution in [1.29, 1.82) is 0 Å². The summed E-state index contributed by atoms with van der Waals surface area (Å²) in [6.07, 6.45) is 4.01. The van der Waals surface area contributed by atoms with Gasteiger partial charge in [0, 0.05) is 20.1 Å². The number of carbonyl (C=O) groups is 1. The molecule has 1 aliphatic carbocycles. The Morgan fingerprint density at radius 3 is 2.60 bits per heavy atom. The van der Waals surface area contributed by atoms with Crippen molar-refractivity contribution in [3.63, 3.8) is 0 Å². The standard InChI is InChI=1S/C14H21N3O2S/c1-16-13(18)12-10(15)11(19-2)14(20-12)17-6-8-4-3-5-9(8)7-17/h8-9H,3-7,15H2,1-2H3,(H,16,18). The minimum Gasteiger partial charge on any atom is -0.492 e. The van der Waals surface area contributed by atoms with Crippen LogP contribution in [0.4, 0.5) is 10.7 Å². The van der Waals surface area contributed by atoms with Gasteiger partial charge in [-0.3, -0.25) is 4.79 Å². The second-order valence-corrected chi connectivity index (χ2v) is 6.62. The molecular formula is C14H21N3O2S. The molecule has 1 aromatic heterocycles. The van der Waals surface area contributed by atoms with Gasteiger partial charge in [0.1, 0.15) is 15.6 Å². The molecule has 1 aromatic rings. The van der Waals surface area contributed by atoms with Gasteiger partial charge in [-0.25, -0.2) is 0 Å². The van der Waals surface area contributed by atoms with Gasteiger partial charge in [0.05, 0.1) is 7.11 Å². The molecule has 0 radical (unpaired) electrons. The molecular weight excluding hydrogens is 274 g/mol. The van der Waals surface area contributed by atoms with E-state index in [1.807, 2.05) is 0 Å². The second-order valence-electron chi connectivity index (χ2n) is 5.62. The van der Waals surface area contributed by atoms with E-state index in [0.29, 0.717) is 16.3 Å². The molecule has 3 N–H and O–H groups in total. The highest BCUT2D eigenvalue weighted by molar-refractivity contribution is 7.19. The van der Waals surface area contributed by atoms with Gasteiger partial charge in [0.2, 0.25) is 0 Å². The lowest BCUT2D eigenvalue weighted by molar-refractivity contribution is 0.0967. The van der Waals surface area contributed by atoms with Gasteiger partial charge in [0.15, 0.2) is 5.75 Å². The quantitative estimate of drug-likeness (QED) is 0.894. The molecule has 5 nitrogen and oxygen atoms in total. The van der Waals surface area contributed by atoms with Crippen molar-refractivity contribution in [1.82, 2.24) is 5.32 Å². The summed E-state index contributed by atoms with van der Waals surface area (Å²) in [6, 6.07) is 0. The Morgan fingerprint density at radius 1 is 1.40 bits per heavy atom. The maximum Gasteiger partial charge on any atom is 0.263 e. The molecule has 2 heterocycles. The van der Waals surface area contributed by atoms with E-state index in [1.165, 1.54) is 30.6 Å². The van der Waals surface area contributed by atoms with Crippen molar-refractivity contribution >= 4 is 27.9 Å². The monoisotopic (exact) mass is 295 g/mol. The highest BCUT2D eigenvalue weighted by atomic mass is 32.1. The van der Waals surface area contributed by atoms with Gasteiger partial charge in [-0.2, -0.15) is 0 Å². The molecule has 1 saturated heterocycles. The molecule has 0 aromatic carbocycles. The third kappa shape index (κ3) is 2.02. The molecule has 0 bridgehead atoms. The minimum absolute atomic E-state index is 0.142. The van der Waals surface area contributed by atoms with Crippen molar-refractivity contribution in [2.75, 3.05) is 37.9 Å². The van der Waals surface area contributed by atoms with Crippen LogP contribution in [-0.2, 0) is 0 Å². The highest BCUT2D eigenvalue weighted by Crippen LogP contribution is 2.48. The number of nitrogen functional groups attached to an aromatic ring is 1. The lowest BCUT2D eigenvalue weighted by Gasteiger charge is -2.18. The lowest BCUT2D eigenvalue weighted by Crippen LogP contribution is -2.20. The summed E-state index contributed by atoms with van der Waals surface area (Å²) in [6.45, 7) is 2.13. The molecule has 2 atom stereocenters. The van der Waals surface area contributed by atoms with Crippen LogP contribution in [0.5, 0.6) is 5.75 Å². The fraction of sp³-hybridized carbons (Fsp3) is 0.643. The van der Waals surface area contributed by atoms with Crippen LogP contribution in [0.25, 0.3) is 0 Å². The SMILES string of the molecule is CNC(=O)c1sc(N2CC3CCCC3C2)c(OC)c1N. The van der Waals surface area contributed by atoms with Gasteiger partial charge in [0.25, 0.3) is 5.91 Å². The van der Waals surface area contributed by atoms with Crippen LogP contribution in [0.3, 0.4) is 0 Å². The first-order valence-electron chi connectivity index (χ1n) is 7.09. The Morgan fingerprint density at radius 2 is 2.05 bits per heavy atom. The first kappa shape index (κ1) is 13.5. The Kier molecular flexibility index (Phi) is 3.50. The molecule has 1 saturated carbocycles. The van der Waals surface area contributed by atoms with E-state index in [2.05, 4.69) is 10.2 Å². The molecule has 3 rings (SSSR count). The normalized spacial score (nSPS) is 24.8. The molecule has 20 heavy (non-hydrogen) atoms. The predicted molar refractivity (Wildman–Crippen MR) is 81.7 cm³/mol. The minimum atomic E-state index is -0.142. The highest BCUT2D eigenvalue weighted by Gasteiger charge is 2.38. The Hall–Kier alpha value is -1.43. The van der Waals surface area contributed by atoms with Crippen LogP contribution < -0.4 is 20.7 Å². The van der Waals surface area contributed by atoms with Gasteiger partial charge in [-0.05, 0) is 24.7 Å². The number of fused-ring (bicyclic) bond motifs is 1. The molecule has 1 aliphatic heterocycles. The summed E-state index contributed by atoms with van der Waals surface area (Å²) in [5.41, 5.74) is 6.53. The van der Waals surface area contributed by atoms with E-state index >= 15 is 0 Å². The third-order valence-corrected chi connectivity index (χ3v) is 5.78. The lowest BCUT2D eigenvalue weighted by atomic mass is 10.0. The zero-order valence-electron chi connectivity index (χ0n) is 11.9. The van der Waals surface area contributed by atoms with Crippen LogP contribution in [0.1, 0.15) is 28.9 Å². The number of nitrogens with zero attached hydrogens (tertiary/aromatic N) is 1. The first-order valence-corrected chi connectivity index (χ1v) is 7.90. The van der Waals surface area contributed by atoms with Crippen molar-refractivity contribution in [2.45, 2.75) is 19.3 Å². The van der Waals surface area contributed by atoms with Crippen molar-refractivity contribution < 1.29 is 9.53 Å². The average molecular weight is 295 g/mol. The largest absolute Gasteiger partial charge is 0.492 e. The van der Waals surface area contributed by atoms with E-state index in [4.69, 9.17) is 10.5 Å². The number of hydrogen-bond acceptors (Lipinski definition) is 5. The zero-order chi connectivity index (χ0) is 14.3. The number of carbonyl (C=O) groups excluding carboxylic acids is 1. The van der Waals surface area contributed by atoms with Gasteiger partial charge >= 0.3 is 0 Å². The van der Waals surface area contributed by atoms with Crippen LogP contribution >= 0.6 is 11.3 Å². The number of thiophene rings is 1. The maximum absolute atomic E-state index is 11.9. The number of nitrogens with two attached hydrogens (primary N) is 1. The average Bonchev–Trinajstić information content (AvgIpc) is 3.09. The molecule has 6 heteroatoms. The number of anilines is 2. The number of rotatable bonds is 3. The third-order valence-electron chi connectivity index (χ3n) is 4.53. The maximum atomic E-state index is 11.9. The van der Waals surface area contributed by atoms with Gasteiger partial charge in [-0.1, -0.05) is 6.42 Å². The summed E-state index contributed by atoms with van der Waals surface area (Å²) < 4.78 is 5.45. The number of nitrogens with one attached hydrogen (secondary N) is 1. The van der Waals surface area contributed by atoms with E-state index < -0.39 is 0 Å². The van der Waals surface area contributed by atoms with Crippen molar-refractivity contribution in [2.24, 2.45) is 11.8 Å². The fourth-order valence-corrected chi connectivity index (χ4v) is 4.66. The number of ether oxygens (including phenoxy) is 1. The fourth-order valence-electron chi connectivity index (χ4n) is 3.50. The zero-order valence-corrected chi connectivity index (χ0v) is 12.8. The summed E-state index contributed by atoms with van der Waals surface area (Å²) >= 11 is 1.44. The number of methoxy groups -OCH3 is 1. The molecule has 2 aliphatic rings. The van der Waals surface area contributed by atoms with Crippen LogP contribution in [0.15, 0.2) is 0 Å². The van der Waals surface area contributed by atoms with Crippen LogP contribution in [0.2, 0.25) is 0 Å². The summed E-state index contributed by atoms with van der Waals surface area (Å²) in [7, 11) is 3.24. The molecule has 2 fully saturated rings. The number of hydrogen-bond donors (Lipinski definition) is 2. The first-order chi connectivity index (χ1) is 9.65. The van der Waals surface area contributed by atoms with Crippen LogP contribution in [0, 0.1) is 11.8 Å². The Bertz CT molecular complexity index is 517. The van der Waals surface area contributed by atoms with E-state index in [-0.39, 0.29) is 5.91 Å². The molecule has 2 unspecified atom stereocenters. The molecule has 110 valence electrons. The van der Waals surface area contributed by atoms with Gasteiger partial charge in [-0.15, -0.1) is 11.3 Å². The van der Waals surface area contributed by atoms with E-state index in [1.54, 1.807) is 14.2 Å². The topological polar surface area (TPSA) is 67.6 Å². The number of amides is 1. The predicted octanol–water partition coefficient (Wildman–Crippen LogP) is 1.93. The van der Waals surface area contributed by atoms with Gasteiger partial charge < -0.3 is 20.7 Å². The van der Waals surface area contributed by atoms with Crippen molar-refractivity contribution in [3.05, 3.63) is 4.88 Å². The second kappa shape index (κ2) is 5.16. The molecule has 1 amide bonds. The van der Waals surface area contributed by atoms with Crippen LogP contribution in [-0.4, -0.2) is 33.2 Å².